The van der Waals surface area contributed by atoms with Crippen molar-refractivity contribution < 1.29 is 9.90 Å². The number of urea groups is 1. The normalized spacial score (nSPS) is 29.6. The van der Waals surface area contributed by atoms with Gasteiger partial charge in [0.25, 0.3) is 0 Å². The fourth-order valence-electron chi connectivity index (χ4n) is 4.40. The molecule has 0 spiro atoms. The van der Waals surface area contributed by atoms with E-state index in [0.29, 0.717) is 11.8 Å². The lowest BCUT2D eigenvalue weighted by Gasteiger charge is -2.30. The number of hydrogen-bond donors (Lipinski definition) is 3. The summed E-state index contributed by atoms with van der Waals surface area (Å²) in [5.41, 5.74) is 3.16. The van der Waals surface area contributed by atoms with Crippen LogP contribution in [0.15, 0.2) is 18.2 Å². The number of amides is 2. The number of fused-ring (bicyclic) bond motifs is 2. The van der Waals surface area contributed by atoms with E-state index in [4.69, 9.17) is 0 Å². The Morgan fingerprint density at radius 3 is 2.82 bits per heavy atom. The standard InChI is InChI=1S/C18H26N2O2/c1-3-12-6-4-5-11(2)16(12)19-18(22)20-17-14-8-7-13(9-14)15(17)10-21/h4-6,13-15,17,21H,3,7-10H2,1-2H3,(H2,19,20,22). The first-order valence-electron chi connectivity index (χ1n) is 8.40. The first kappa shape index (κ1) is 15.3. The Kier molecular flexibility index (Phi) is 4.39. The van der Waals surface area contributed by atoms with Crippen molar-refractivity contribution in [2.45, 2.75) is 45.6 Å². The summed E-state index contributed by atoms with van der Waals surface area (Å²) in [6.07, 6.45) is 4.43. The first-order chi connectivity index (χ1) is 10.6. The number of aliphatic hydroxyl groups is 1. The highest BCUT2D eigenvalue weighted by molar-refractivity contribution is 5.91. The van der Waals surface area contributed by atoms with Crippen molar-refractivity contribution in [1.82, 2.24) is 5.32 Å². The molecule has 3 rings (SSSR count). The molecule has 2 bridgehead atoms. The summed E-state index contributed by atoms with van der Waals surface area (Å²) in [4.78, 5) is 12.4. The molecule has 0 heterocycles. The Balaban J connectivity index is 1.68. The molecule has 2 aliphatic rings. The molecule has 3 N–H and O–H groups in total. The van der Waals surface area contributed by atoms with Crippen LogP contribution in [0.25, 0.3) is 0 Å². The average molecular weight is 302 g/mol. The predicted molar refractivity (Wildman–Crippen MR) is 87.9 cm³/mol. The maximum Gasteiger partial charge on any atom is 0.319 e. The van der Waals surface area contributed by atoms with E-state index in [2.05, 4.69) is 23.6 Å². The monoisotopic (exact) mass is 302 g/mol. The number of nitrogens with one attached hydrogen (secondary N) is 2. The molecule has 4 heteroatoms. The van der Waals surface area contributed by atoms with E-state index in [1.807, 2.05) is 19.1 Å². The molecule has 0 aliphatic heterocycles. The molecule has 2 aliphatic carbocycles. The largest absolute Gasteiger partial charge is 0.396 e. The molecular formula is C18H26N2O2. The minimum absolute atomic E-state index is 0.123. The maximum atomic E-state index is 12.4. The molecule has 4 unspecified atom stereocenters. The average Bonchev–Trinajstić information content (AvgIpc) is 3.10. The van der Waals surface area contributed by atoms with Crippen molar-refractivity contribution in [2.75, 3.05) is 11.9 Å². The highest BCUT2D eigenvalue weighted by atomic mass is 16.3. The van der Waals surface area contributed by atoms with Crippen LogP contribution >= 0.6 is 0 Å². The molecule has 4 nitrogen and oxygen atoms in total. The summed E-state index contributed by atoms with van der Waals surface area (Å²) >= 11 is 0. The van der Waals surface area contributed by atoms with Gasteiger partial charge < -0.3 is 15.7 Å². The fraction of sp³-hybridized carbons (Fsp3) is 0.611. The van der Waals surface area contributed by atoms with Crippen LogP contribution in [0, 0.1) is 24.7 Å². The third kappa shape index (κ3) is 2.72. The van der Waals surface area contributed by atoms with Crippen LogP contribution in [0.4, 0.5) is 10.5 Å². The summed E-state index contributed by atoms with van der Waals surface area (Å²) in [5.74, 6) is 1.35. The van der Waals surface area contributed by atoms with E-state index in [1.165, 1.54) is 12.8 Å². The Bertz CT molecular complexity index is 558. The molecule has 1 aromatic carbocycles. The Labute approximate surface area is 132 Å². The lowest BCUT2D eigenvalue weighted by atomic mass is 9.85. The Hall–Kier alpha value is -1.55. The first-order valence-corrected chi connectivity index (χ1v) is 8.40. The van der Waals surface area contributed by atoms with Crippen molar-refractivity contribution in [3.05, 3.63) is 29.3 Å². The smallest absolute Gasteiger partial charge is 0.319 e. The van der Waals surface area contributed by atoms with Gasteiger partial charge in [0.2, 0.25) is 0 Å². The van der Waals surface area contributed by atoms with Crippen LogP contribution in [0.3, 0.4) is 0 Å². The van der Waals surface area contributed by atoms with Gasteiger partial charge >= 0.3 is 6.03 Å². The summed E-state index contributed by atoms with van der Waals surface area (Å²) in [5, 5.41) is 15.8. The molecule has 120 valence electrons. The van der Waals surface area contributed by atoms with E-state index in [1.54, 1.807) is 0 Å². The molecule has 2 fully saturated rings. The second kappa shape index (κ2) is 6.29. The van der Waals surface area contributed by atoms with Crippen LogP contribution in [0.5, 0.6) is 0 Å². The van der Waals surface area contributed by atoms with Gasteiger partial charge in [-0.15, -0.1) is 0 Å². The van der Waals surface area contributed by atoms with E-state index in [9.17, 15) is 9.90 Å². The van der Waals surface area contributed by atoms with Gasteiger partial charge in [-0.25, -0.2) is 4.79 Å². The van der Waals surface area contributed by atoms with Gasteiger partial charge in [-0.1, -0.05) is 25.1 Å². The van der Waals surface area contributed by atoms with Crippen molar-refractivity contribution in [2.24, 2.45) is 17.8 Å². The number of aliphatic hydroxyl groups excluding tert-OH is 1. The molecule has 2 amide bonds. The van der Waals surface area contributed by atoms with Gasteiger partial charge in [-0.3, -0.25) is 0 Å². The van der Waals surface area contributed by atoms with E-state index < -0.39 is 0 Å². The summed E-state index contributed by atoms with van der Waals surface area (Å²) < 4.78 is 0. The third-order valence-electron chi connectivity index (χ3n) is 5.58. The minimum Gasteiger partial charge on any atom is -0.396 e. The second-order valence-electron chi connectivity index (χ2n) is 6.77. The number of aryl methyl sites for hydroxylation is 2. The molecule has 4 atom stereocenters. The lowest BCUT2D eigenvalue weighted by molar-refractivity contribution is 0.146. The van der Waals surface area contributed by atoms with Crippen molar-refractivity contribution in [1.29, 1.82) is 0 Å². The van der Waals surface area contributed by atoms with Crippen LogP contribution < -0.4 is 10.6 Å². The molecule has 22 heavy (non-hydrogen) atoms. The van der Waals surface area contributed by atoms with E-state index >= 15 is 0 Å². The quantitative estimate of drug-likeness (QED) is 0.800. The fourth-order valence-corrected chi connectivity index (χ4v) is 4.40. The van der Waals surface area contributed by atoms with Crippen molar-refractivity contribution in [3.63, 3.8) is 0 Å². The number of hydrogen-bond acceptors (Lipinski definition) is 2. The van der Waals surface area contributed by atoms with Gasteiger partial charge in [-0.05, 0) is 55.6 Å². The van der Waals surface area contributed by atoms with Gasteiger partial charge in [-0.2, -0.15) is 0 Å². The molecule has 0 saturated heterocycles. The zero-order valence-corrected chi connectivity index (χ0v) is 13.4. The van der Waals surface area contributed by atoms with Crippen LogP contribution in [0.2, 0.25) is 0 Å². The Morgan fingerprint density at radius 1 is 1.32 bits per heavy atom. The third-order valence-corrected chi connectivity index (χ3v) is 5.58. The van der Waals surface area contributed by atoms with Crippen molar-refractivity contribution >= 4 is 11.7 Å². The predicted octanol–water partition coefficient (Wildman–Crippen LogP) is 3.09. The number of carbonyl (C=O) groups is 1. The number of benzene rings is 1. The highest BCUT2D eigenvalue weighted by Crippen LogP contribution is 2.48. The van der Waals surface area contributed by atoms with Crippen LogP contribution in [0.1, 0.15) is 37.3 Å². The lowest BCUT2D eigenvalue weighted by Crippen LogP contribution is -2.47. The van der Waals surface area contributed by atoms with Crippen LogP contribution in [-0.2, 0) is 6.42 Å². The molecule has 0 aromatic heterocycles. The second-order valence-corrected chi connectivity index (χ2v) is 6.77. The summed E-state index contributed by atoms with van der Waals surface area (Å²) in [7, 11) is 0. The van der Waals surface area contributed by atoms with Crippen molar-refractivity contribution in [3.8, 4) is 0 Å². The van der Waals surface area contributed by atoms with Gasteiger partial charge in [0, 0.05) is 24.3 Å². The van der Waals surface area contributed by atoms with Gasteiger partial charge in [0.05, 0.1) is 0 Å². The summed E-state index contributed by atoms with van der Waals surface area (Å²) in [6, 6.07) is 6.08. The molecule has 1 aromatic rings. The van der Waals surface area contributed by atoms with Crippen LogP contribution in [-0.4, -0.2) is 23.8 Å². The zero-order chi connectivity index (χ0) is 15.7. The van der Waals surface area contributed by atoms with Gasteiger partial charge in [0.15, 0.2) is 0 Å². The van der Waals surface area contributed by atoms with Gasteiger partial charge in [0.1, 0.15) is 0 Å². The number of carbonyl (C=O) groups excluding carboxylic acids is 1. The molecule has 2 saturated carbocycles. The number of rotatable bonds is 4. The van der Waals surface area contributed by atoms with E-state index in [-0.39, 0.29) is 24.6 Å². The number of para-hydroxylation sites is 1. The highest BCUT2D eigenvalue weighted by Gasteiger charge is 2.47. The number of anilines is 1. The molecule has 0 radical (unpaired) electrons. The zero-order valence-electron chi connectivity index (χ0n) is 13.4. The topological polar surface area (TPSA) is 61.4 Å². The maximum absolute atomic E-state index is 12.4. The molecular weight excluding hydrogens is 276 g/mol. The SMILES string of the molecule is CCc1cccc(C)c1NC(=O)NC1C2CCC(C2)C1CO. The summed E-state index contributed by atoms with van der Waals surface area (Å²) in [6.45, 7) is 4.29. The van der Waals surface area contributed by atoms with E-state index in [0.717, 1.165) is 29.7 Å². The minimum atomic E-state index is -0.139. The Morgan fingerprint density at radius 2 is 2.09 bits per heavy atom.